The van der Waals surface area contributed by atoms with Crippen LogP contribution in [0, 0.1) is 0 Å². The first-order chi connectivity index (χ1) is 9.70. The summed E-state index contributed by atoms with van der Waals surface area (Å²) in [7, 11) is 0. The van der Waals surface area contributed by atoms with E-state index in [2.05, 4.69) is 42.0 Å². The molecule has 108 valence electrons. The van der Waals surface area contributed by atoms with Crippen LogP contribution in [0.15, 0.2) is 41.3 Å². The molecule has 2 heterocycles. The van der Waals surface area contributed by atoms with Gasteiger partial charge in [0.2, 0.25) is 0 Å². The van der Waals surface area contributed by atoms with Crippen molar-refractivity contribution in [1.29, 1.82) is 0 Å². The topological polar surface area (TPSA) is 41.3 Å². The predicted molar refractivity (Wildman–Crippen MR) is 81.6 cm³/mol. The predicted octanol–water partition coefficient (Wildman–Crippen LogP) is 3.20. The number of hydrogen-bond donors (Lipinski definition) is 1. The Hall–Kier alpha value is -1.81. The maximum atomic E-state index is 5.45. The smallest absolute Gasteiger partial charge is 0.123 e. The van der Waals surface area contributed by atoms with Crippen molar-refractivity contribution in [3.05, 3.63) is 48.2 Å². The Morgan fingerprint density at radius 2 is 2.20 bits per heavy atom. The minimum absolute atomic E-state index is 0.469. The summed E-state index contributed by atoms with van der Waals surface area (Å²) in [6.07, 6.45) is 5.50. The quantitative estimate of drug-likeness (QED) is 0.841. The SMILES string of the molecule is CCN(Cc1ccco1)c1cnccc1CNC(C)C. The van der Waals surface area contributed by atoms with E-state index in [1.165, 1.54) is 11.3 Å². The summed E-state index contributed by atoms with van der Waals surface area (Å²) in [5.41, 5.74) is 2.43. The number of hydrogen-bond acceptors (Lipinski definition) is 4. The number of rotatable bonds is 7. The number of nitrogens with zero attached hydrogens (tertiary/aromatic N) is 2. The number of pyridine rings is 1. The highest BCUT2D eigenvalue weighted by molar-refractivity contribution is 5.51. The average Bonchev–Trinajstić information content (AvgIpc) is 2.96. The lowest BCUT2D eigenvalue weighted by molar-refractivity contribution is 0.503. The molecular weight excluding hydrogens is 250 g/mol. The lowest BCUT2D eigenvalue weighted by Crippen LogP contribution is -2.26. The van der Waals surface area contributed by atoms with Gasteiger partial charge in [0.1, 0.15) is 5.76 Å². The van der Waals surface area contributed by atoms with E-state index in [4.69, 9.17) is 4.42 Å². The van der Waals surface area contributed by atoms with E-state index in [1.807, 2.05) is 24.5 Å². The highest BCUT2D eigenvalue weighted by Crippen LogP contribution is 2.21. The van der Waals surface area contributed by atoms with Gasteiger partial charge in [-0.3, -0.25) is 4.98 Å². The largest absolute Gasteiger partial charge is 0.467 e. The van der Waals surface area contributed by atoms with Gasteiger partial charge in [-0.2, -0.15) is 0 Å². The van der Waals surface area contributed by atoms with Crippen molar-refractivity contribution < 1.29 is 4.42 Å². The number of anilines is 1. The summed E-state index contributed by atoms with van der Waals surface area (Å²) >= 11 is 0. The van der Waals surface area contributed by atoms with Gasteiger partial charge in [0.25, 0.3) is 0 Å². The number of furan rings is 1. The fraction of sp³-hybridized carbons (Fsp3) is 0.438. The van der Waals surface area contributed by atoms with Crippen LogP contribution in [-0.2, 0) is 13.1 Å². The fourth-order valence-corrected chi connectivity index (χ4v) is 2.12. The Morgan fingerprint density at radius 1 is 1.35 bits per heavy atom. The fourth-order valence-electron chi connectivity index (χ4n) is 2.12. The molecule has 4 nitrogen and oxygen atoms in total. The van der Waals surface area contributed by atoms with Crippen molar-refractivity contribution >= 4 is 5.69 Å². The van der Waals surface area contributed by atoms with Crippen LogP contribution in [0.3, 0.4) is 0 Å². The van der Waals surface area contributed by atoms with E-state index in [1.54, 1.807) is 6.26 Å². The van der Waals surface area contributed by atoms with Gasteiger partial charge in [-0.05, 0) is 30.7 Å². The Morgan fingerprint density at radius 3 is 2.85 bits per heavy atom. The van der Waals surface area contributed by atoms with Crippen molar-refractivity contribution in [2.45, 2.75) is 39.9 Å². The summed E-state index contributed by atoms with van der Waals surface area (Å²) in [5, 5.41) is 3.46. The second-order valence-corrected chi connectivity index (χ2v) is 5.13. The van der Waals surface area contributed by atoms with Gasteiger partial charge in [-0.1, -0.05) is 13.8 Å². The van der Waals surface area contributed by atoms with E-state index in [0.29, 0.717) is 6.04 Å². The summed E-state index contributed by atoms with van der Waals surface area (Å²) in [6, 6.07) is 6.48. The molecule has 20 heavy (non-hydrogen) atoms. The second kappa shape index (κ2) is 7.10. The van der Waals surface area contributed by atoms with Gasteiger partial charge in [-0.15, -0.1) is 0 Å². The molecule has 2 aromatic rings. The zero-order valence-corrected chi connectivity index (χ0v) is 12.5. The summed E-state index contributed by atoms with van der Waals surface area (Å²) in [6.45, 7) is 8.99. The van der Waals surface area contributed by atoms with Crippen molar-refractivity contribution in [1.82, 2.24) is 10.3 Å². The molecule has 0 saturated carbocycles. The van der Waals surface area contributed by atoms with Gasteiger partial charge in [0, 0.05) is 25.3 Å². The molecule has 0 fully saturated rings. The molecule has 0 aliphatic rings. The van der Waals surface area contributed by atoms with Gasteiger partial charge >= 0.3 is 0 Å². The highest BCUT2D eigenvalue weighted by atomic mass is 16.3. The summed E-state index contributed by atoms with van der Waals surface area (Å²) in [5.74, 6) is 0.971. The molecule has 0 aliphatic carbocycles. The standard InChI is InChI=1S/C16H23N3O/c1-4-19(12-15-6-5-9-20-15)16-11-17-8-7-14(16)10-18-13(2)3/h5-9,11,13,18H,4,10,12H2,1-3H3. The maximum absolute atomic E-state index is 5.45. The Kier molecular flexibility index (Phi) is 5.18. The molecular formula is C16H23N3O. The third-order valence-corrected chi connectivity index (χ3v) is 3.24. The van der Waals surface area contributed by atoms with Crippen molar-refractivity contribution in [3.63, 3.8) is 0 Å². The monoisotopic (exact) mass is 273 g/mol. The van der Waals surface area contributed by atoms with Gasteiger partial charge in [0.15, 0.2) is 0 Å². The Bertz CT molecular complexity index is 508. The normalized spacial score (nSPS) is 11.0. The first-order valence-electron chi connectivity index (χ1n) is 7.14. The van der Waals surface area contributed by atoms with Crippen molar-refractivity contribution in [2.24, 2.45) is 0 Å². The van der Waals surface area contributed by atoms with Gasteiger partial charge in [0.05, 0.1) is 24.7 Å². The van der Waals surface area contributed by atoms with Crippen LogP contribution in [0.25, 0.3) is 0 Å². The highest BCUT2D eigenvalue weighted by Gasteiger charge is 2.12. The summed E-state index contributed by atoms with van der Waals surface area (Å²) < 4.78 is 5.45. The van der Waals surface area contributed by atoms with E-state index in [-0.39, 0.29) is 0 Å². The summed E-state index contributed by atoms with van der Waals surface area (Å²) in [4.78, 5) is 6.55. The van der Waals surface area contributed by atoms with Gasteiger partial charge < -0.3 is 14.6 Å². The van der Waals surface area contributed by atoms with Crippen LogP contribution in [0.5, 0.6) is 0 Å². The molecule has 4 heteroatoms. The van der Waals surface area contributed by atoms with Gasteiger partial charge in [-0.25, -0.2) is 0 Å². The molecule has 0 saturated heterocycles. The molecule has 0 aromatic carbocycles. The van der Waals surface area contributed by atoms with Crippen molar-refractivity contribution in [3.8, 4) is 0 Å². The third-order valence-electron chi connectivity index (χ3n) is 3.24. The van der Waals surface area contributed by atoms with E-state index < -0.39 is 0 Å². The Balaban J connectivity index is 2.16. The van der Waals surface area contributed by atoms with Crippen LogP contribution in [0.4, 0.5) is 5.69 Å². The molecule has 0 amide bonds. The zero-order chi connectivity index (χ0) is 14.4. The maximum Gasteiger partial charge on any atom is 0.123 e. The Labute approximate surface area is 120 Å². The lowest BCUT2D eigenvalue weighted by Gasteiger charge is -2.24. The lowest BCUT2D eigenvalue weighted by atomic mass is 10.2. The number of nitrogens with one attached hydrogen (secondary N) is 1. The van der Waals surface area contributed by atoms with Crippen LogP contribution >= 0.6 is 0 Å². The molecule has 2 rings (SSSR count). The molecule has 2 aromatic heterocycles. The molecule has 0 spiro atoms. The molecule has 0 atom stereocenters. The van der Waals surface area contributed by atoms with Crippen LogP contribution in [0.1, 0.15) is 32.1 Å². The first-order valence-corrected chi connectivity index (χ1v) is 7.14. The van der Waals surface area contributed by atoms with Crippen LogP contribution in [-0.4, -0.2) is 17.6 Å². The number of aromatic nitrogens is 1. The molecule has 1 N–H and O–H groups in total. The second-order valence-electron chi connectivity index (χ2n) is 5.13. The van der Waals surface area contributed by atoms with Crippen LogP contribution in [0.2, 0.25) is 0 Å². The minimum Gasteiger partial charge on any atom is -0.467 e. The van der Waals surface area contributed by atoms with Crippen LogP contribution < -0.4 is 10.2 Å². The molecule has 0 unspecified atom stereocenters. The molecule has 0 radical (unpaired) electrons. The average molecular weight is 273 g/mol. The van der Waals surface area contributed by atoms with Crippen molar-refractivity contribution in [2.75, 3.05) is 11.4 Å². The zero-order valence-electron chi connectivity index (χ0n) is 12.5. The first kappa shape index (κ1) is 14.6. The van der Waals surface area contributed by atoms with E-state index in [9.17, 15) is 0 Å². The third kappa shape index (κ3) is 3.84. The molecule has 0 aliphatic heterocycles. The minimum atomic E-state index is 0.469. The van der Waals surface area contributed by atoms with E-state index in [0.717, 1.165) is 25.4 Å². The molecule has 0 bridgehead atoms. The van der Waals surface area contributed by atoms with E-state index >= 15 is 0 Å².